The lowest BCUT2D eigenvalue weighted by Gasteiger charge is -2.27. The summed E-state index contributed by atoms with van der Waals surface area (Å²) in [6.07, 6.45) is 3.12. The van der Waals surface area contributed by atoms with Crippen molar-refractivity contribution < 1.29 is 4.79 Å². The second-order valence-electron chi connectivity index (χ2n) is 5.22. The van der Waals surface area contributed by atoms with E-state index in [1.165, 1.54) is 10.4 Å². The summed E-state index contributed by atoms with van der Waals surface area (Å²) in [6.45, 7) is 9.23. The fraction of sp³-hybridized carbons (Fsp3) is 0.667. The Bertz CT molecular complexity index is 435. The number of hydrogen-bond donors (Lipinski definition) is 1. The van der Waals surface area contributed by atoms with E-state index in [1.807, 2.05) is 0 Å². The number of nitrogens with zero attached hydrogens (tertiary/aromatic N) is 1. The zero-order valence-corrected chi connectivity index (χ0v) is 13.0. The molecule has 0 aliphatic carbocycles. The minimum atomic E-state index is 0.225. The molecular formula is C15H24N2OS. The molecule has 106 valence electrons. The maximum atomic E-state index is 12.7. The number of carbonyl (C=O) groups is 1. The van der Waals surface area contributed by atoms with E-state index in [9.17, 15) is 4.79 Å². The van der Waals surface area contributed by atoms with Gasteiger partial charge in [0, 0.05) is 24.0 Å². The van der Waals surface area contributed by atoms with Crippen molar-refractivity contribution in [2.75, 3.05) is 19.6 Å². The number of hydrogen-bond acceptors (Lipinski definition) is 3. The van der Waals surface area contributed by atoms with Crippen molar-refractivity contribution in [1.29, 1.82) is 0 Å². The van der Waals surface area contributed by atoms with Gasteiger partial charge in [-0.25, -0.2) is 0 Å². The van der Waals surface area contributed by atoms with E-state index in [0.717, 1.165) is 43.8 Å². The summed E-state index contributed by atoms with van der Waals surface area (Å²) in [5.74, 6) is 0.225. The molecule has 1 aliphatic rings. The van der Waals surface area contributed by atoms with Gasteiger partial charge in [-0.05, 0) is 44.4 Å². The number of carbonyl (C=O) groups excluding carboxylic acids is 1. The molecule has 1 amide bonds. The van der Waals surface area contributed by atoms with Gasteiger partial charge < -0.3 is 10.2 Å². The van der Waals surface area contributed by atoms with Gasteiger partial charge in [0.2, 0.25) is 0 Å². The molecule has 1 aromatic heterocycles. The highest BCUT2D eigenvalue weighted by Gasteiger charge is 2.27. The summed E-state index contributed by atoms with van der Waals surface area (Å²) in [4.78, 5) is 17.0. The molecule has 1 aromatic rings. The van der Waals surface area contributed by atoms with Crippen LogP contribution in [0.4, 0.5) is 0 Å². The van der Waals surface area contributed by atoms with E-state index >= 15 is 0 Å². The summed E-state index contributed by atoms with van der Waals surface area (Å²) in [5.41, 5.74) is 1.26. The van der Waals surface area contributed by atoms with E-state index in [1.54, 1.807) is 11.3 Å². The van der Waals surface area contributed by atoms with Gasteiger partial charge in [0.25, 0.3) is 5.91 Å². The van der Waals surface area contributed by atoms with Crippen molar-refractivity contribution in [3.63, 3.8) is 0 Å². The Balaban J connectivity index is 2.17. The van der Waals surface area contributed by atoms with E-state index in [4.69, 9.17) is 0 Å². The molecule has 2 rings (SSSR count). The number of nitrogens with one attached hydrogen (secondary N) is 1. The van der Waals surface area contributed by atoms with Gasteiger partial charge in [-0.3, -0.25) is 4.79 Å². The minimum absolute atomic E-state index is 0.225. The SMILES string of the molecule is CCCN(C(=O)c1cc(C)c(CC)s1)C1CCNC1. The molecule has 1 fully saturated rings. The number of amides is 1. The highest BCUT2D eigenvalue weighted by atomic mass is 32.1. The highest BCUT2D eigenvalue weighted by Crippen LogP contribution is 2.25. The standard InChI is InChI=1S/C15H24N2OS/c1-4-8-17(12-6-7-16-10-12)15(18)14-9-11(3)13(5-2)19-14/h9,12,16H,4-8,10H2,1-3H3. The second kappa shape index (κ2) is 6.53. The Hall–Kier alpha value is -0.870. The van der Waals surface area contributed by atoms with Gasteiger partial charge in [-0.1, -0.05) is 13.8 Å². The lowest BCUT2D eigenvalue weighted by Crippen LogP contribution is -2.41. The second-order valence-corrected chi connectivity index (χ2v) is 6.35. The largest absolute Gasteiger partial charge is 0.334 e. The summed E-state index contributed by atoms with van der Waals surface area (Å²) in [5, 5.41) is 3.35. The molecule has 0 aromatic carbocycles. The lowest BCUT2D eigenvalue weighted by molar-refractivity contribution is 0.0697. The van der Waals surface area contributed by atoms with Gasteiger partial charge in [0.15, 0.2) is 0 Å². The molecule has 0 bridgehead atoms. The van der Waals surface area contributed by atoms with Gasteiger partial charge in [0.1, 0.15) is 0 Å². The predicted molar refractivity (Wildman–Crippen MR) is 81.0 cm³/mol. The first kappa shape index (κ1) is 14.5. The van der Waals surface area contributed by atoms with E-state index in [0.29, 0.717) is 6.04 Å². The molecule has 1 atom stereocenters. The third kappa shape index (κ3) is 3.18. The molecule has 3 nitrogen and oxygen atoms in total. The van der Waals surface area contributed by atoms with Crippen LogP contribution in [-0.4, -0.2) is 36.5 Å². The molecule has 0 radical (unpaired) electrons. The van der Waals surface area contributed by atoms with Crippen LogP contribution in [-0.2, 0) is 6.42 Å². The molecular weight excluding hydrogens is 256 g/mol. The molecule has 1 unspecified atom stereocenters. The van der Waals surface area contributed by atoms with Gasteiger partial charge in [-0.15, -0.1) is 11.3 Å². The van der Waals surface area contributed by atoms with Gasteiger partial charge in [0.05, 0.1) is 4.88 Å². The van der Waals surface area contributed by atoms with Crippen LogP contribution in [0.15, 0.2) is 6.07 Å². The first-order chi connectivity index (χ1) is 9.17. The van der Waals surface area contributed by atoms with Crippen molar-refractivity contribution in [1.82, 2.24) is 10.2 Å². The van der Waals surface area contributed by atoms with E-state index in [-0.39, 0.29) is 5.91 Å². The Morgan fingerprint density at radius 1 is 1.53 bits per heavy atom. The first-order valence-corrected chi connectivity index (χ1v) is 8.10. The third-order valence-corrected chi connectivity index (χ3v) is 5.12. The maximum absolute atomic E-state index is 12.7. The van der Waals surface area contributed by atoms with Crippen molar-refractivity contribution >= 4 is 17.2 Å². The summed E-state index contributed by atoms with van der Waals surface area (Å²) >= 11 is 1.67. The summed E-state index contributed by atoms with van der Waals surface area (Å²) in [6, 6.07) is 2.44. The normalized spacial score (nSPS) is 18.8. The Morgan fingerprint density at radius 2 is 2.32 bits per heavy atom. The Kier molecular flexibility index (Phi) is 4.99. The summed E-state index contributed by atoms with van der Waals surface area (Å²) < 4.78 is 0. The molecule has 4 heteroatoms. The molecule has 0 saturated carbocycles. The zero-order valence-electron chi connectivity index (χ0n) is 12.2. The lowest BCUT2D eigenvalue weighted by atomic mass is 10.2. The van der Waals surface area contributed by atoms with Crippen LogP contribution < -0.4 is 5.32 Å². The molecule has 0 spiro atoms. The quantitative estimate of drug-likeness (QED) is 0.899. The van der Waals surface area contributed by atoms with E-state index in [2.05, 4.69) is 37.1 Å². The number of aryl methyl sites for hydroxylation is 2. The monoisotopic (exact) mass is 280 g/mol. The van der Waals surface area contributed by atoms with Crippen molar-refractivity contribution in [2.24, 2.45) is 0 Å². The number of thiophene rings is 1. The van der Waals surface area contributed by atoms with Gasteiger partial charge >= 0.3 is 0 Å². The smallest absolute Gasteiger partial charge is 0.264 e. The molecule has 1 saturated heterocycles. The first-order valence-electron chi connectivity index (χ1n) is 7.28. The predicted octanol–water partition coefficient (Wildman–Crippen LogP) is 2.83. The van der Waals surface area contributed by atoms with Gasteiger partial charge in [-0.2, -0.15) is 0 Å². The van der Waals surface area contributed by atoms with Crippen LogP contribution in [0, 0.1) is 6.92 Å². The molecule has 1 aliphatic heterocycles. The maximum Gasteiger partial charge on any atom is 0.264 e. The Labute approximate surface area is 120 Å². The zero-order chi connectivity index (χ0) is 13.8. The number of rotatable bonds is 5. The minimum Gasteiger partial charge on any atom is -0.334 e. The van der Waals surface area contributed by atoms with Crippen LogP contribution >= 0.6 is 11.3 Å². The van der Waals surface area contributed by atoms with Crippen molar-refractivity contribution in [2.45, 2.75) is 46.1 Å². The van der Waals surface area contributed by atoms with Crippen LogP contribution in [0.25, 0.3) is 0 Å². The van der Waals surface area contributed by atoms with E-state index < -0.39 is 0 Å². The van der Waals surface area contributed by atoms with Crippen molar-refractivity contribution in [3.8, 4) is 0 Å². The molecule has 2 heterocycles. The topological polar surface area (TPSA) is 32.3 Å². The van der Waals surface area contributed by atoms with Crippen LogP contribution in [0.1, 0.15) is 46.8 Å². The average Bonchev–Trinajstić information content (AvgIpc) is 3.04. The van der Waals surface area contributed by atoms with Crippen LogP contribution in [0.5, 0.6) is 0 Å². The van der Waals surface area contributed by atoms with Crippen LogP contribution in [0.2, 0.25) is 0 Å². The summed E-state index contributed by atoms with van der Waals surface area (Å²) in [7, 11) is 0. The fourth-order valence-electron chi connectivity index (χ4n) is 2.71. The molecule has 1 N–H and O–H groups in total. The van der Waals surface area contributed by atoms with Crippen molar-refractivity contribution in [3.05, 3.63) is 21.4 Å². The highest BCUT2D eigenvalue weighted by molar-refractivity contribution is 7.14. The third-order valence-electron chi connectivity index (χ3n) is 3.75. The average molecular weight is 280 g/mol. The molecule has 19 heavy (non-hydrogen) atoms. The Morgan fingerprint density at radius 3 is 2.84 bits per heavy atom. The fourth-order valence-corrected chi connectivity index (χ4v) is 3.78. The van der Waals surface area contributed by atoms with Crippen LogP contribution in [0.3, 0.4) is 0 Å².